The molecule has 0 bridgehead atoms. The van der Waals surface area contributed by atoms with Gasteiger partial charge in [-0.3, -0.25) is 4.79 Å². The van der Waals surface area contributed by atoms with Crippen LogP contribution in [-0.4, -0.2) is 22.2 Å². The number of aromatic nitrogens is 2. The Labute approximate surface area is 168 Å². The number of halogens is 1. The summed E-state index contributed by atoms with van der Waals surface area (Å²) in [5.74, 6) is 1.20. The molecule has 28 heavy (non-hydrogen) atoms. The molecule has 0 unspecified atom stereocenters. The molecule has 0 saturated heterocycles. The predicted octanol–water partition coefficient (Wildman–Crippen LogP) is 4.43. The molecular weight excluding hydrogens is 378 g/mol. The first-order valence-corrected chi connectivity index (χ1v) is 9.58. The van der Waals surface area contributed by atoms with Gasteiger partial charge in [-0.05, 0) is 54.8 Å². The minimum atomic E-state index is -0.592. The molecule has 7 heteroatoms. The van der Waals surface area contributed by atoms with Crippen molar-refractivity contribution < 1.29 is 14.1 Å². The van der Waals surface area contributed by atoms with Crippen LogP contribution in [0.4, 0.5) is 0 Å². The van der Waals surface area contributed by atoms with Gasteiger partial charge >= 0.3 is 0 Å². The summed E-state index contributed by atoms with van der Waals surface area (Å²) in [6.45, 7) is 4.12. The Morgan fingerprint density at radius 3 is 2.50 bits per heavy atom. The molecule has 0 aliphatic carbocycles. The minimum absolute atomic E-state index is 0.133. The fraction of sp³-hybridized carbons (Fsp3) is 0.286. The number of hydrogen-bond acceptors (Lipinski definition) is 5. The van der Waals surface area contributed by atoms with E-state index >= 15 is 0 Å². The minimum Gasteiger partial charge on any atom is -0.481 e. The second-order valence-corrected chi connectivity index (χ2v) is 6.69. The van der Waals surface area contributed by atoms with Crippen molar-refractivity contribution in [3.8, 4) is 17.1 Å². The molecule has 0 aliphatic heterocycles. The summed E-state index contributed by atoms with van der Waals surface area (Å²) in [5.41, 5.74) is 2.01. The van der Waals surface area contributed by atoms with Crippen LogP contribution >= 0.6 is 11.6 Å². The first-order chi connectivity index (χ1) is 13.6. The largest absolute Gasteiger partial charge is 0.481 e. The van der Waals surface area contributed by atoms with Crippen molar-refractivity contribution in [1.29, 1.82) is 0 Å². The second-order valence-electron chi connectivity index (χ2n) is 6.25. The number of ether oxygens (including phenoxy) is 1. The monoisotopic (exact) mass is 399 g/mol. The summed E-state index contributed by atoms with van der Waals surface area (Å²) < 4.78 is 11.0. The first-order valence-electron chi connectivity index (χ1n) is 9.20. The lowest BCUT2D eigenvalue weighted by Crippen LogP contribution is -2.37. The third-order valence-electron chi connectivity index (χ3n) is 4.26. The van der Waals surface area contributed by atoms with E-state index in [1.54, 1.807) is 24.3 Å². The van der Waals surface area contributed by atoms with Gasteiger partial charge in [0.1, 0.15) is 5.75 Å². The topological polar surface area (TPSA) is 77.2 Å². The predicted molar refractivity (Wildman–Crippen MR) is 107 cm³/mol. The van der Waals surface area contributed by atoms with Crippen LogP contribution in [0, 0.1) is 0 Å². The number of aryl methyl sites for hydroxylation is 1. The van der Waals surface area contributed by atoms with Crippen LogP contribution in [0.25, 0.3) is 11.4 Å². The number of nitrogens with zero attached hydrogens (tertiary/aromatic N) is 2. The van der Waals surface area contributed by atoms with Crippen LogP contribution in [0.1, 0.15) is 31.7 Å². The molecule has 3 aromatic rings. The van der Waals surface area contributed by atoms with E-state index < -0.39 is 6.10 Å². The summed E-state index contributed by atoms with van der Waals surface area (Å²) in [7, 11) is 0. The third-order valence-corrected chi connectivity index (χ3v) is 4.51. The van der Waals surface area contributed by atoms with Gasteiger partial charge in [0.25, 0.3) is 5.91 Å². The van der Waals surface area contributed by atoms with E-state index in [9.17, 15) is 4.79 Å². The number of rotatable bonds is 8. The maximum atomic E-state index is 12.4. The molecule has 6 nitrogen and oxygen atoms in total. The van der Waals surface area contributed by atoms with E-state index in [1.165, 1.54) is 5.56 Å². The molecule has 1 atom stereocenters. The lowest BCUT2D eigenvalue weighted by atomic mass is 10.2. The maximum Gasteiger partial charge on any atom is 0.261 e. The van der Waals surface area contributed by atoms with E-state index in [-0.39, 0.29) is 12.5 Å². The summed E-state index contributed by atoms with van der Waals surface area (Å²) in [6, 6.07) is 14.9. The molecule has 2 aromatic carbocycles. The molecule has 1 N–H and O–H groups in total. The van der Waals surface area contributed by atoms with Gasteiger partial charge in [-0.15, -0.1) is 0 Å². The first kappa shape index (κ1) is 19.9. The van der Waals surface area contributed by atoms with Crippen LogP contribution in [0.15, 0.2) is 53.1 Å². The van der Waals surface area contributed by atoms with Crippen molar-refractivity contribution in [1.82, 2.24) is 15.5 Å². The number of carbonyl (C=O) groups excluding carboxylic acids is 1. The normalized spacial score (nSPS) is 11.8. The summed E-state index contributed by atoms with van der Waals surface area (Å²) in [4.78, 5) is 16.7. The zero-order valence-electron chi connectivity index (χ0n) is 15.8. The van der Waals surface area contributed by atoms with Crippen molar-refractivity contribution in [3.63, 3.8) is 0 Å². The molecule has 0 fully saturated rings. The smallest absolute Gasteiger partial charge is 0.261 e. The molecule has 146 valence electrons. The van der Waals surface area contributed by atoms with E-state index in [0.717, 1.165) is 12.0 Å². The van der Waals surface area contributed by atoms with E-state index in [4.69, 9.17) is 20.9 Å². The molecule has 0 aliphatic rings. The van der Waals surface area contributed by atoms with Gasteiger partial charge < -0.3 is 14.6 Å². The fourth-order valence-electron chi connectivity index (χ4n) is 2.61. The Bertz CT molecular complexity index is 907. The average Bonchev–Trinajstić information content (AvgIpc) is 3.20. The zero-order chi connectivity index (χ0) is 19.9. The van der Waals surface area contributed by atoms with Crippen molar-refractivity contribution >= 4 is 17.5 Å². The van der Waals surface area contributed by atoms with Gasteiger partial charge in [0, 0.05) is 10.6 Å². The van der Waals surface area contributed by atoms with E-state index in [0.29, 0.717) is 28.9 Å². The zero-order valence-corrected chi connectivity index (χ0v) is 16.6. The number of amides is 1. The summed E-state index contributed by atoms with van der Waals surface area (Å²) in [5, 5.41) is 7.35. The van der Waals surface area contributed by atoms with Crippen LogP contribution in [0.2, 0.25) is 5.02 Å². The molecular formula is C21H22ClN3O3. The van der Waals surface area contributed by atoms with Gasteiger partial charge in [-0.25, -0.2) is 0 Å². The summed E-state index contributed by atoms with van der Waals surface area (Å²) in [6.07, 6.45) is 0.910. The highest BCUT2D eigenvalue weighted by Crippen LogP contribution is 2.19. The summed E-state index contributed by atoms with van der Waals surface area (Å²) >= 11 is 5.88. The van der Waals surface area contributed by atoms with Gasteiger partial charge in [-0.2, -0.15) is 4.98 Å². The molecule has 3 rings (SSSR count). The van der Waals surface area contributed by atoms with Crippen molar-refractivity contribution in [3.05, 3.63) is 65.0 Å². The second kappa shape index (κ2) is 9.37. The van der Waals surface area contributed by atoms with Crippen LogP contribution < -0.4 is 10.1 Å². The highest BCUT2D eigenvalue weighted by atomic mass is 35.5. The van der Waals surface area contributed by atoms with Crippen LogP contribution in [0.5, 0.6) is 5.75 Å². The number of hydrogen-bond donors (Lipinski definition) is 1. The highest BCUT2D eigenvalue weighted by molar-refractivity contribution is 6.30. The Morgan fingerprint density at radius 2 is 1.86 bits per heavy atom. The van der Waals surface area contributed by atoms with Gasteiger partial charge in [0.15, 0.2) is 6.10 Å². The molecule has 0 saturated carbocycles. The van der Waals surface area contributed by atoms with E-state index in [2.05, 4.69) is 22.4 Å². The SMILES string of the molecule is CCc1ccc(O[C@H](CC)C(=O)NCc2nc(-c3ccc(Cl)cc3)no2)cc1. The van der Waals surface area contributed by atoms with Gasteiger partial charge in [0.2, 0.25) is 11.7 Å². The Kier molecular flexibility index (Phi) is 6.66. The van der Waals surface area contributed by atoms with Crippen molar-refractivity contribution in [2.24, 2.45) is 0 Å². The number of nitrogens with one attached hydrogen (secondary N) is 1. The highest BCUT2D eigenvalue weighted by Gasteiger charge is 2.19. The average molecular weight is 400 g/mol. The number of benzene rings is 2. The lowest BCUT2D eigenvalue weighted by molar-refractivity contribution is -0.128. The van der Waals surface area contributed by atoms with Crippen molar-refractivity contribution in [2.75, 3.05) is 0 Å². The molecule has 1 aromatic heterocycles. The van der Waals surface area contributed by atoms with E-state index in [1.807, 2.05) is 31.2 Å². The lowest BCUT2D eigenvalue weighted by Gasteiger charge is -2.17. The van der Waals surface area contributed by atoms with Crippen LogP contribution in [0.3, 0.4) is 0 Å². The third kappa shape index (κ3) is 5.10. The Hall–Kier alpha value is -2.86. The molecule has 1 heterocycles. The standard InChI is InChI=1S/C21H22ClN3O3/c1-3-14-5-11-17(12-6-14)27-18(4-2)21(26)23-13-19-24-20(25-28-19)15-7-9-16(22)10-8-15/h5-12,18H,3-4,13H2,1-2H3,(H,23,26)/t18-/m1/s1. The van der Waals surface area contributed by atoms with Crippen molar-refractivity contribution in [2.45, 2.75) is 39.3 Å². The molecule has 0 radical (unpaired) electrons. The maximum absolute atomic E-state index is 12.4. The van der Waals surface area contributed by atoms with Crippen LogP contribution in [-0.2, 0) is 17.8 Å². The molecule has 1 amide bonds. The Balaban J connectivity index is 1.56. The quantitative estimate of drug-likeness (QED) is 0.606. The molecule has 0 spiro atoms. The Morgan fingerprint density at radius 1 is 1.14 bits per heavy atom. The van der Waals surface area contributed by atoms with Gasteiger partial charge in [0.05, 0.1) is 6.54 Å². The number of carbonyl (C=O) groups is 1. The van der Waals surface area contributed by atoms with Gasteiger partial charge in [-0.1, -0.05) is 42.7 Å². The fourth-order valence-corrected chi connectivity index (χ4v) is 2.74.